The third kappa shape index (κ3) is 3.67. The lowest BCUT2D eigenvalue weighted by Crippen LogP contribution is -2.34. The molecule has 1 heterocycles. The van der Waals surface area contributed by atoms with Crippen molar-refractivity contribution < 1.29 is 13.6 Å². The summed E-state index contributed by atoms with van der Waals surface area (Å²) in [6.07, 6.45) is 2.09. The summed E-state index contributed by atoms with van der Waals surface area (Å²) in [5.41, 5.74) is 1.44. The van der Waals surface area contributed by atoms with Gasteiger partial charge >= 0.3 is 0 Å². The zero-order chi connectivity index (χ0) is 13.8. The minimum Gasteiger partial charge on any atom is -0.457 e. The molecule has 1 aromatic heterocycles. The van der Waals surface area contributed by atoms with Crippen molar-refractivity contribution in [2.45, 2.75) is 19.4 Å². The van der Waals surface area contributed by atoms with Crippen molar-refractivity contribution in [1.29, 1.82) is 0 Å². The Bertz CT molecular complexity index is 565. The summed E-state index contributed by atoms with van der Waals surface area (Å²) < 4.78 is 18.2. The molecule has 0 bridgehead atoms. The van der Waals surface area contributed by atoms with Crippen LogP contribution in [0.1, 0.15) is 22.8 Å². The van der Waals surface area contributed by atoms with Gasteiger partial charge in [-0.2, -0.15) is 0 Å². The first-order valence-electron chi connectivity index (χ1n) is 5.84. The Hall–Kier alpha value is -1.62. The van der Waals surface area contributed by atoms with Gasteiger partial charge in [-0.1, -0.05) is 12.1 Å². The van der Waals surface area contributed by atoms with Crippen molar-refractivity contribution in [2.75, 3.05) is 0 Å². The highest BCUT2D eigenvalue weighted by Gasteiger charge is 2.15. The van der Waals surface area contributed by atoms with Gasteiger partial charge in [0.25, 0.3) is 5.91 Å². The highest BCUT2D eigenvalue weighted by molar-refractivity contribution is 9.10. The highest BCUT2D eigenvalue weighted by atomic mass is 79.9. The van der Waals surface area contributed by atoms with E-state index >= 15 is 0 Å². The van der Waals surface area contributed by atoms with Gasteiger partial charge in [-0.05, 0) is 53.0 Å². The maximum atomic E-state index is 12.8. The van der Waals surface area contributed by atoms with Gasteiger partial charge in [0.05, 0.1) is 11.8 Å². The first-order chi connectivity index (χ1) is 9.06. The number of amides is 1. The zero-order valence-electron chi connectivity index (χ0n) is 10.3. The molecule has 1 unspecified atom stereocenters. The van der Waals surface area contributed by atoms with Gasteiger partial charge in [-0.15, -0.1) is 0 Å². The Morgan fingerprint density at radius 2 is 2.05 bits per heavy atom. The molecule has 1 amide bonds. The van der Waals surface area contributed by atoms with Crippen LogP contribution < -0.4 is 5.32 Å². The van der Waals surface area contributed by atoms with E-state index in [0.29, 0.717) is 16.7 Å². The van der Waals surface area contributed by atoms with Crippen molar-refractivity contribution in [3.8, 4) is 0 Å². The molecule has 1 atom stereocenters. The number of rotatable bonds is 4. The summed E-state index contributed by atoms with van der Waals surface area (Å²) in [6, 6.07) is 7.80. The molecule has 0 fully saturated rings. The van der Waals surface area contributed by atoms with Gasteiger partial charge < -0.3 is 9.73 Å². The molecule has 0 radical (unpaired) electrons. The highest BCUT2D eigenvalue weighted by Crippen LogP contribution is 2.17. The summed E-state index contributed by atoms with van der Waals surface area (Å²) >= 11 is 3.16. The number of furan rings is 1. The molecule has 100 valence electrons. The van der Waals surface area contributed by atoms with Gasteiger partial charge in [0.1, 0.15) is 5.82 Å². The second-order valence-corrected chi connectivity index (χ2v) is 5.03. The largest absolute Gasteiger partial charge is 0.457 e. The molecule has 5 heteroatoms. The topological polar surface area (TPSA) is 42.2 Å². The Kier molecular flexibility index (Phi) is 4.37. The molecule has 2 aromatic rings. The van der Waals surface area contributed by atoms with E-state index in [1.165, 1.54) is 18.4 Å². The second kappa shape index (κ2) is 6.02. The summed E-state index contributed by atoms with van der Waals surface area (Å²) in [4.78, 5) is 11.9. The van der Waals surface area contributed by atoms with E-state index in [4.69, 9.17) is 4.42 Å². The van der Waals surface area contributed by atoms with E-state index in [1.807, 2.05) is 6.92 Å². The molecule has 1 aromatic carbocycles. The monoisotopic (exact) mass is 325 g/mol. The van der Waals surface area contributed by atoms with Crippen molar-refractivity contribution >= 4 is 21.8 Å². The quantitative estimate of drug-likeness (QED) is 0.934. The van der Waals surface area contributed by atoms with Crippen LogP contribution in [0.25, 0.3) is 0 Å². The smallest absolute Gasteiger partial charge is 0.255 e. The van der Waals surface area contributed by atoms with Crippen LogP contribution in [0, 0.1) is 5.82 Å². The third-order valence-electron chi connectivity index (χ3n) is 2.70. The fraction of sp³-hybridized carbons (Fsp3) is 0.214. The van der Waals surface area contributed by atoms with Gasteiger partial charge in [0.2, 0.25) is 0 Å². The SMILES string of the molecule is CC(Cc1ccc(F)cc1)NC(=O)c1ccoc1Br. The van der Waals surface area contributed by atoms with Crippen LogP contribution in [0.4, 0.5) is 4.39 Å². The van der Waals surface area contributed by atoms with Crippen molar-refractivity contribution in [1.82, 2.24) is 5.32 Å². The first kappa shape index (κ1) is 13.8. The van der Waals surface area contributed by atoms with E-state index in [1.54, 1.807) is 18.2 Å². The number of benzene rings is 1. The summed E-state index contributed by atoms with van der Waals surface area (Å²) in [7, 11) is 0. The maximum Gasteiger partial charge on any atom is 0.255 e. The van der Waals surface area contributed by atoms with Crippen LogP contribution in [-0.2, 0) is 6.42 Å². The van der Waals surface area contributed by atoms with Crippen LogP contribution in [0.2, 0.25) is 0 Å². The van der Waals surface area contributed by atoms with E-state index < -0.39 is 0 Å². The predicted octanol–water partition coefficient (Wildman–Crippen LogP) is 3.54. The van der Waals surface area contributed by atoms with E-state index in [9.17, 15) is 9.18 Å². The normalized spacial score (nSPS) is 12.2. The van der Waals surface area contributed by atoms with Crippen molar-refractivity contribution in [3.05, 3.63) is 58.2 Å². The van der Waals surface area contributed by atoms with Gasteiger partial charge in [0.15, 0.2) is 4.67 Å². The molecule has 19 heavy (non-hydrogen) atoms. The van der Waals surface area contributed by atoms with Crippen LogP contribution in [0.5, 0.6) is 0 Å². The van der Waals surface area contributed by atoms with Crippen LogP contribution in [-0.4, -0.2) is 11.9 Å². The molecular formula is C14H13BrFNO2. The third-order valence-corrected chi connectivity index (χ3v) is 3.31. The Morgan fingerprint density at radius 1 is 1.37 bits per heavy atom. The minimum absolute atomic E-state index is 0.0558. The van der Waals surface area contributed by atoms with Gasteiger partial charge in [-0.25, -0.2) is 4.39 Å². The van der Waals surface area contributed by atoms with Crippen molar-refractivity contribution in [3.63, 3.8) is 0 Å². The number of nitrogens with one attached hydrogen (secondary N) is 1. The molecule has 0 aliphatic carbocycles. The van der Waals surface area contributed by atoms with Crippen molar-refractivity contribution in [2.24, 2.45) is 0 Å². The summed E-state index contributed by atoms with van der Waals surface area (Å²) in [6.45, 7) is 1.90. The lowest BCUT2D eigenvalue weighted by Gasteiger charge is -2.13. The summed E-state index contributed by atoms with van der Waals surface area (Å²) in [5, 5.41) is 2.86. The molecule has 0 saturated heterocycles. The number of carbonyl (C=O) groups is 1. The molecule has 2 rings (SSSR count). The Morgan fingerprint density at radius 3 is 2.63 bits per heavy atom. The Balaban J connectivity index is 1.94. The van der Waals surface area contributed by atoms with E-state index in [0.717, 1.165) is 5.56 Å². The second-order valence-electron chi connectivity index (χ2n) is 4.31. The molecule has 0 aliphatic heterocycles. The van der Waals surface area contributed by atoms with Gasteiger partial charge in [-0.3, -0.25) is 4.79 Å². The fourth-order valence-corrected chi connectivity index (χ4v) is 2.20. The van der Waals surface area contributed by atoms with Gasteiger partial charge in [0, 0.05) is 6.04 Å². The van der Waals surface area contributed by atoms with Crippen LogP contribution in [0.3, 0.4) is 0 Å². The van der Waals surface area contributed by atoms with E-state index in [2.05, 4.69) is 21.2 Å². The predicted molar refractivity (Wildman–Crippen MR) is 73.4 cm³/mol. The number of carbonyl (C=O) groups excluding carboxylic acids is 1. The average molecular weight is 326 g/mol. The first-order valence-corrected chi connectivity index (χ1v) is 6.64. The fourth-order valence-electron chi connectivity index (χ4n) is 1.78. The molecule has 1 N–H and O–H groups in total. The average Bonchev–Trinajstić information content (AvgIpc) is 2.78. The number of halogens is 2. The van der Waals surface area contributed by atoms with E-state index in [-0.39, 0.29) is 17.8 Å². The van der Waals surface area contributed by atoms with Crippen LogP contribution >= 0.6 is 15.9 Å². The zero-order valence-corrected chi connectivity index (χ0v) is 11.9. The van der Waals surface area contributed by atoms with Crippen LogP contribution in [0.15, 0.2) is 45.7 Å². The lowest BCUT2D eigenvalue weighted by atomic mass is 10.1. The molecule has 3 nitrogen and oxygen atoms in total. The lowest BCUT2D eigenvalue weighted by molar-refractivity contribution is 0.0938. The number of hydrogen-bond acceptors (Lipinski definition) is 2. The molecule has 0 aliphatic rings. The molecule has 0 saturated carbocycles. The maximum absolute atomic E-state index is 12.8. The minimum atomic E-state index is -0.261. The number of hydrogen-bond donors (Lipinski definition) is 1. The molecule has 0 spiro atoms. The summed E-state index contributed by atoms with van der Waals surface area (Å²) in [5.74, 6) is -0.460. The Labute approximate surface area is 118 Å². The standard InChI is InChI=1S/C14H13BrFNO2/c1-9(8-10-2-4-11(16)5-3-10)17-14(18)12-6-7-19-13(12)15/h2-7,9H,8H2,1H3,(H,17,18). The molecular weight excluding hydrogens is 313 g/mol.